The summed E-state index contributed by atoms with van der Waals surface area (Å²) < 4.78 is 0. The van der Waals surface area contributed by atoms with Gasteiger partial charge in [-0.25, -0.2) is 0 Å². The summed E-state index contributed by atoms with van der Waals surface area (Å²) in [7, 11) is 0. The quantitative estimate of drug-likeness (QED) is 0.558. The molecule has 0 aromatic carbocycles. The van der Waals surface area contributed by atoms with E-state index in [4.69, 9.17) is 23.2 Å². The molecule has 0 radical (unpaired) electrons. The molecule has 1 fully saturated rings. The molecular weight excluding hydrogens is 173 g/mol. The van der Waals surface area contributed by atoms with Crippen LogP contribution in [0.25, 0.3) is 0 Å². The van der Waals surface area contributed by atoms with E-state index in [1.807, 2.05) is 0 Å². The molecule has 2 unspecified atom stereocenters. The van der Waals surface area contributed by atoms with Crippen molar-refractivity contribution in [3.63, 3.8) is 0 Å². The molecule has 58 valence electrons. The highest BCUT2D eigenvalue weighted by atomic mass is 35.5. The fourth-order valence-corrected chi connectivity index (χ4v) is 1.39. The van der Waals surface area contributed by atoms with Crippen molar-refractivity contribution in [2.24, 2.45) is 0 Å². The Kier molecular flexibility index (Phi) is 2.81. The van der Waals surface area contributed by atoms with Gasteiger partial charge in [-0.15, -0.1) is 23.2 Å². The molecule has 1 N–H and O–H groups in total. The molecule has 1 aliphatic rings. The zero-order valence-electron chi connectivity index (χ0n) is 5.44. The van der Waals surface area contributed by atoms with E-state index in [1.54, 1.807) is 0 Å². The van der Waals surface area contributed by atoms with Crippen molar-refractivity contribution >= 4 is 29.1 Å². The monoisotopic (exact) mass is 181 g/mol. The Morgan fingerprint density at radius 1 is 1.50 bits per heavy atom. The van der Waals surface area contributed by atoms with Gasteiger partial charge in [-0.05, 0) is 12.8 Å². The van der Waals surface area contributed by atoms with Crippen molar-refractivity contribution < 1.29 is 4.79 Å². The van der Waals surface area contributed by atoms with E-state index in [-0.39, 0.29) is 11.3 Å². The number of amides is 1. The van der Waals surface area contributed by atoms with E-state index in [1.165, 1.54) is 0 Å². The molecule has 1 amide bonds. The molecule has 10 heavy (non-hydrogen) atoms. The summed E-state index contributed by atoms with van der Waals surface area (Å²) in [5.74, 6) is -0.140. The molecule has 1 aliphatic heterocycles. The van der Waals surface area contributed by atoms with E-state index >= 15 is 0 Å². The first-order valence-electron chi connectivity index (χ1n) is 3.27. The summed E-state index contributed by atoms with van der Waals surface area (Å²) in [6.07, 6.45) is 1.73. The summed E-state index contributed by atoms with van der Waals surface area (Å²) >= 11 is 11.5. The molecule has 0 aliphatic carbocycles. The van der Waals surface area contributed by atoms with Crippen LogP contribution >= 0.6 is 23.2 Å². The lowest BCUT2D eigenvalue weighted by atomic mass is 10.2. The van der Waals surface area contributed by atoms with Crippen LogP contribution in [0.5, 0.6) is 0 Å². The Hall–Kier alpha value is 0.0500. The summed E-state index contributed by atoms with van der Waals surface area (Å²) in [5.41, 5.74) is 0. The van der Waals surface area contributed by atoms with Crippen molar-refractivity contribution in [3.8, 4) is 0 Å². The number of alkyl halides is 2. The Bertz CT molecular complexity index is 140. The lowest BCUT2D eigenvalue weighted by Crippen LogP contribution is -2.33. The predicted molar refractivity (Wildman–Crippen MR) is 41.5 cm³/mol. The number of halogens is 2. The number of hydrogen-bond acceptors (Lipinski definition) is 1. The first kappa shape index (κ1) is 8.15. The van der Waals surface area contributed by atoms with Gasteiger partial charge in [0.1, 0.15) is 5.38 Å². The molecule has 0 bridgehead atoms. The van der Waals surface area contributed by atoms with Crippen molar-refractivity contribution in [2.45, 2.75) is 23.6 Å². The van der Waals surface area contributed by atoms with Crippen LogP contribution in [0.2, 0.25) is 0 Å². The van der Waals surface area contributed by atoms with Gasteiger partial charge in [0.25, 0.3) is 0 Å². The van der Waals surface area contributed by atoms with Gasteiger partial charge in [-0.3, -0.25) is 4.79 Å². The third kappa shape index (κ3) is 1.77. The fourth-order valence-electron chi connectivity index (χ4n) is 0.917. The maximum absolute atomic E-state index is 10.9. The minimum atomic E-state index is -0.552. The summed E-state index contributed by atoms with van der Waals surface area (Å²) in [4.78, 5) is 10.9. The zero-order chi connectivity index (χ0) is 7.56. The number of carbonyl (C=O) groups excluding carboxylic acids is 1. The molecule has 2 nitrogen and oxygen atoms in total. The van der Waals surface area contributed by atoms with Crippen LogP contribution in [0, 0.1) is 0 Å². The van der Waals surface area contributed by atoms with Crippen LogP contribution in [0.3, 0.4) is 0 Å². The second-order valence-corrected chi connectivity index (χ2v) is 3.38. The van der Waals surface area contributed by atoms with Crippen LogP contribution in [0.4, 0.5) is 0 Å². The SMILES string of the molecule is O=C1NCCCC(Cl)C1Cl. The molecule has 4 heteroatoms. The largest absolute Gasteiger partial charge is 0.355 e. The molecule has 1 saturated heterocycles. The molecule has 0 aromatic heterocycles. The summed E-state index contributed by atoms with van der Waals surface area (Å²) in [6, 6.07) is 0. The van der Waals surface area contributed by atoms with Crippen molar-refractivity contribution in [3.05, 3.63) is 0 Å². The first-order chi connectivity index (χ1) is 4.72. The maximum Gasteiger partial charge on any atom is 0.239 e. The lowest BCUT2D eigenvalue weighted by molar-refractivity contribution is -0.120. The third-order valence-corrected chi connectivity index (χ3v) is 2.63. The number of hydrogen-bond donors (Lipinski definition) is 1. The minimum Gasteiger partial charge on any atom is -0.355 e. The van der Waals surface area contributed by atoms with Crippen LogP contribution in [-0.4, -0.2) is 23.2 Å². The first-order valence-corrected chi connectivity index (χ1v) is 4.15. The van der Waals surface area contributed by atoms with Crippen molar-refractivity contribution in [1.29, 1.82) is 0 Å². The lowest BCUT2D eigenvalue weighted by Gasteiger charge is -2.08. The van der Waals surface area contributed by atoms with Gasteiger partial charge in [-0.2, -0.15) is 0 Å². The minimum absolute atomic E-state index is 0.140. The van der Waals surface area contributed by atoms with Gasteiger partial charge in [-0.1, -0.05) is 0 Å². The van der Waals surface area contributed by atoms with E-state index in [9.17, 15) is 4.79 Å². The van der Waals surface area contributed by atoms with Crippen LogP contribution in [0.1, 0.15) is 12.8 Å². The average Bonchev–Trinajstić information content (AvgIpc) is 2.04. The second-order valence-electron chi connectivity index (χ2n) is 2.35. The standard InChI is InChI=1S/C6H9Cl2NO/c7-4-2-1-3-9-6(10)5(4)8/h4-5H,1-3H2,(H,9,10). The predicted octanol–water partition coefficient (Wildman–Crippen LogP) is 1.11. The highest BCUT2D eigenvalue weighted by Crippen LogP contribution is 2.17. The normalized spacial score (nSPS) is 34.8. The third-order valence-electron chi connectivity index (χ3n) is 1.52. The average molecular weight is 182 g/mol. The highest BCUT2D eigenvalue weighted by molar-refractivity contribution is 6.37. The van der Waals surface area contributed by atoms with Gasteiger partial charge in [0, 0.05) is 6.54 Å². The van der Waals surface area contributed by atoms with E-state index in [2.05, 4.69) is 5.32 Å². The zero-order valence-corrected chi connectivity index (χ0v) is 6.95. The van der Waals surface area contributed by atoms with Crippen LogP contribution < -0.4 is 5.32 Å². The van der Waals surface area contributed by atoms with Gasteiger partial charge in [0.05, 0.1) is 5.38 Å². The number of rotatable bonds is 0. The molecule has 0 aromatic rings. The topological polar surface area (TPSA) is 29.1 Å². The molecular formula is C6H9Cl2NO. The van der Waals surface area contributed by atoms with E-state index < -0.39 is 5.38 Å². The van der Waals surface area contributed by atoms with Crippen molar-refractivity contribution in [1.82, 2.24) is 5.32 Å². The van der Waals surface area contributed by atoms with Crippen LogP contribution in [-0.2, 0) is 4.79 Å². The smallest absolute Gasteiger partial charge is 0.239 e. The summed E-state index contributed by atoms with van der Waals surface area (Å²) in [6.45, 7) is 0.700. The fraction of sp³-hybridized carbons (Fsp3) is 0.833. The van der Waals surface area contributed by atoms with E-state index in [0.29, 0.717) is 6.54 Å². The number of carbonyl (C=O) groups is 1. The Morgan fingerprint density at radius 2 is 2.20 bits per heavy atom. The van der Waals surface area contributed by atoms with Gasteiger partial charge in [0.2, 0.25) is 5.91 Å². The van der Waals surface area contributed by atoms with Gasteiger partial charge < -0.3 is 5.32 Å². The maximum atomic E-state index is 10.9. The molecule has 1 rings (SSSR count). The van der Waals surface area contributed by atoms with Crippen LogP contribution in [0.15, 0.2) is 0 Å². The Balaban J connectivity index is 2.55. The second kappa shape index (κ2) is 3.44. The van der Waals surface area contributed by atoms with Gasteiger partial charge in [0.15, 0.2) is 0 Å². The Labute approximate surface area is 69.9 Å². The molecule has 0 saturated carbocycles. The molecule has 1 heterocycles. The molecule has 0 spiro atoms. The highest BCUT2D eigenvalue weighted by Gasteiger charge is 2.26. The summed E-state index contributed by atoms with van der Waals surface area (Å²) in [5, 5.41) is 1.91. The van der Waals surface area contributed by atoms with Crippen molar-refractivity contribution in [2.75, 3.05) is 6.54 Å². The number of nitrogens with one attached hydrogen (secondary N) is 1. The van der Waals surface area contributed by atoms with Gasteiger partial charge >= 0.3 is 0 Å². The molecule has 2 atom stereocenters. The Morgan fingerprint density at radius 3 is 2.90 bits per heavy atom. The van der Waals surface area contributed by atoms with E-state index in [0.717, 1.165) is 12.8 Å².